The molecule has 0 saturated carbocycles. The van der Waals surface area contributed by atoms with E-state index in [2.05, 4.69) is 30.0 Å². The molecule has 1 aliphatic heterocycles. The van der Waals surface area contributed by atoms with Crippen LogP contribution in [0.5, 0.6) is 0 Å². The topological polar surface area (TPSA) is 82.5 Å². The molecule has 8 heteroatoms. The zero-order valence-corrected chi connectivity index (χ0v) is 18.9. The maximum absolute atomic E-state index is 13.2. The Morgan fingerprint density at radius 1 is 1.28 bits per heavy atom. The molecule has 2 heterocycles. The maximum Gasteiger partial charge on any atom is 0.272 e. The molecule has 0 unspecified atom stereocenters. The average molecular weight is 405 g/mol. The van der Waals surface area contributed by atoms with Crippen molar-refractivity contribution in [3.05, 3.63) is 23.3 Å². The van der Waals surface area contributed by atoms with Gasteiger partial charge in [0.05, 0.1) is 5.69 Å². The first-order valence-electron chi connectivity index (χ1n) is 10.2. The van der Waals surface area contributed by atoms with Crippen molar-refractivity contribution in [1.29, 1.82) is 0 Å². The summed E-state index contributed by atoms with van der Waals surface area (Å²) in [7, 11) is 7.65. The Hall–Kier alpha value is -2.19. The second-order valence-electron chi connectivity index (χ2n) is 9.06. The lowest BCUT2D eigenvalue weighted by molar-refractivity contribution is -0.124. The zero-order chi connectivity index (χ0) is 21.8. The molecule has 2 N–H and O–H groups in total. The average Bonchev–Trinajstić information content (AvgIpc) is 2.83. The molecule has 0 spiro atoms. The van der Waals surface area contributed by atoms with Crippen LogP contribution >= 0.6 is 0 Å². The number of likely N-dealkylation sites (N-methyl/N-ethyl adjacent to an activating group) is 2. The van der Waals surface area contributed by atoms with Gasteiger partial charge in [-0.25, -0.2) is 4.98 Å². The molecule has 1 aliphatic rings. The van der Waals surface area contributed by atoms with E-state index in [0.29, 0.717) is 12.2 Å². The van der Waals surface area contributed by atoms with Gasteiger partial charge in [0.2, 0.25) is 5.91 Å². The second kappa shape index (κ2) is 9.54. The number of nitrogens with zero attached hydrogens (tertiary/aromatic N) is 4. The smallest absolute Gasteiger partial charge is 0.272 e. The molecule has 1 aromatic rings. The fraction of sp³-hybridized carbons (Fsp3) is 0.667. The summed E-state index contributed by atoms with van der Waals surface area (Å²) in [6, 6.07) is -0.645. The van der Waals surface area contributed by atoms with Crippen LogP contribution < -0.4 is 10.6 Å². The highest BCUT2D eigenvalue weighted by Gasteiger charge is 2.34. The van der Waals surface area contributed by atoms with E-state index in [9.17, 15) is 9.59 Å². The van der Waals surface area contributed by atoms with Gasteiger partial charge in [-0.2, -0.15) is 0 Å². The van der Waals surface area contributed by atoms with Gasteiger partial charge >= 0.3 is 0 Å². The maximum atomic E-state index is 13.2. The van der Waals surface area contributed by atoms with Crippen molar-refractivity contribution in [2.75, 3.05) is 41.3 Å². The summed E-state index contributed by atoms with van der Waals surface area (Å²) in [5, 5.41) is 5.57. The third-order valence-corrected chi connectivity index (χ3v) is 5.05. The van der Waals surface area contributed by atoms with E-state index in [1.165, 1.54) is 0 Å². The third kappa shape index (κ3) is 5.90. The summed E-state index contributed by atoms with van der Waals surface area (Å²) >= 11 is 0. The normalized spacial score (nSPS) is 16.6. The molecule has 0 aromatic carbocycles. The van der Waals surface area contributed by atoms with Crippen LogP contribution in [0.3, 0.4) is 0 Å². The minimum atomic E-state index is -0.645. The number of imidazole rings is 1. The van der Waals surface area contributed by atoms with Gasteiger partial charge in [0.1, 0.15) is 11.9 Å². The number of nitrogens with one attached hydrogen (secondary N) is 2. The number of amides is 2. The summed E-state index contributed by atoms with van der Waals surface area (Å²) in [5.74, 6) is 0.272. The summed E-state index contributed by atoms with van der Waals surface area (Å²) in [5.41, 5.74) is 0.885. The Bertz CT molecular complexity index is 760. The summed E-state index contributed by atoms with van der Waals surface area (Å²) in [6.07, 6.45) is 5.03. The van der Waals surface area contributed by atoms with Gasteiger partial charge in [-0.15, -0.1) is 0 Å². The van der Waals surface area contributed by atoms with Crippen molar-refractivity contribution < 1.29 is 9.59 Å². The fourth-order valence-corrected chi connectivity index (χ4v) is 3.45. The summed E-state index contributed by atoms with van der Waals surface area (Å²) < 4.78 is 2.14. The van der Waals surface area contributed by atoms with Gasteiger partial charge in [0.25, 0.3) is 5.91 Å². The molecule has 0 saturated heterocycles. The van der Waals surface area contributed by atoms with E-state index in [0.717, 1.165) is 37.6 Å². The summed E-state index contributed by atoms with van der Waals surface area (Å²) in [6.45, 7) is 9.04. The van der Waals surface area contributed by atoms with Gasteiger partial charge in [-0.05, 0) is 45.6 Å². The molecular weight excluding hydrogens is 368 g/mol. The molecule has 162 valence electrons. The lowest BCUT2D eigenvalue weighted by Crippen LogP contribution is -2.53. The van der Waals surface area contributed by atoms with Crippen LogP contribution in [0.15, 0.2) is 6.08 Å². The van der Waals surface area contributed by atoms with Crippen molar-refractivity contribution in [2.24, 2.45) is 5.41 Å². The second-order valence-corrected chi connectivity index (χ2v) is 9.06. The van der Waals surface area contributed by atoms with Gasteiger partial charge in [-0.1, -0.05) is 26.8 Å². The number of aromatic nitrogens is 2. The lowest BCUT2D eigenvalue weighted by Gasteiger charge is -2.29. The Kier molecular flexibility index (Phi) is 7.60. The van der Waals surface area contributed by atoms with Crippen LogP contribution in [-0.2, 0) is 17.9 Å². The number of carbonyl (C=O) groups is 2. The van der Waals surface area contributed by atoms with Crippen LogP contribution in [0.1, 0.15) is 49.2 Å². The first-order chi connectivity index (χ1) is 13.5. The van der Waals surface area contributed by atoms with Gasteiger partial charge < -0.3 is 25.0 Å². The number of hydrogen-bond donors (Lipinski definition) is 2. The standard InChI is InChI=1S/C21H36N6O2/c1-21(2,3)18(20(29)22-4)24-19(28)17-15-14-26(7)12-9-13-27(15)16(23-17)10-8-11-25(5)6/h8,10,18H,9,11-14H2,1-7H3,(H,22,29)(H,24,28)/b10-8+/t18-/m1/s1. The van der Waals surface area contributed by atoms with E-state index < -0.39 is 11.5 Å². The van der Waals surface area contributed by atoms with Crippen molar-refractivity contribution in [3.8, 4) is 0 Å². The van der Waals surface area contributed by atoms with E-state index in [1.54, 1.807) is 7.05 Å². The molecular formula is C21H36N6O2. The Morgan fingerprint density at radius 2 is 1.97 bits per heavy atom. The zero-order valence-electron chi connectivity index (χ0n) is 18.9. The Labute approximate surface area is 174 Å². The first-order valence-corrected chi connectivity index (χ1v) is 10.2. The van der Waals surface area contributed by atoms with Crippen molar-refractivity contribution in [2.45, 2.75) is 46.3 Å². The minimum Gasteiger partial charge on any atom is -0.357 e. The highest BCUT2D eigenvalue weighted by atomic mass is 16.2. The van der Waals surface area contributed by atoms with Crippen LogP contribution in [0.4, 0.5) is 0 Å². The minimum absolute atomic E-state index is 0.209. The van der Waals surface area contributed by atoms with Crippen LogP contribution in [-0.4, -0.2) is 78.5 Å². The monoisotopic (exact) mass is 404 g/mol. The predicted octanol–water partition coefficient (Wildman–Crippen LogP) is 1.18. The Morgan fingerprint density at radius 3 is 2.55 bits per heavy atom. The molecule has 0 aliphatic carbocycles. The van der Waals surface area contributed by atoms with Crippen molar-refractivity contribution >= 4 is 17.9 Å². The summed E-state index contributed by atoms with van der Waals surface area (Å²) in [4.78, 5) is 34.5. The molecule has 2 amide bonds. The molecule has 0 fully saturated rings. The molecule has 8 nitrogen and oxygen atoms in total. The van der Waals surface area contributed by atoms with E-state index in [-0.39, 0.29) is 11.8 Å². The van der Waals surface area contributed by atoms with Gasteiger partial charge in [0.15, 0.2) is 5.69 Å². The van der Waals surface area contributed by atoms with Crippen molar-refractivity contribution in [1.82, 2.24) is 30.0 Å². The van der Waals surface area contributed by atoms with Crippen LogP contribution in [0.25, 0.3) is 6.08 Å². The highest BCUT2D eigenvalue weighted by molar-refractivity contribution is 5.97. The number of fused-ring (bicyclic) bond motifs is 1. The van der Waals surface area contributed by atoms with Gasteiger partial charge in [0, 0.05) is 26.7 Å². The highest BCUT2D eigenvalue weighted by Crippen LogP contribution is 2.23. The quantitative estimate of drug-likeness (QED) is 0.744. The van der Waals surface area contributed by atoms with E-state index in [1.807, 2.05) is 54.1 Å². The van der Waals surface area contributed by atoms with Gasteiger partial charge in [-0.3, -0.25) is 9.59 Å². The number of rotatable bonds is 6. The van der Waals surface area contributed by atoms with Crippen molar-refractivity contribution in [3.63, 3.8) is 0 Å². The number of hydrogen-bond acceptors (Lipinski definition) is 5. The third-order valence-electron chi connectivity index (χ3n) is 5.05. The SMILES string of the molecule is CNC(=O)[C@@H](NC(=O)c1nc(/C=C/CN(C)C)n2c1CN(C)CCC2)C(C)(C)C. The molecule has 0 radical (unpaired) electrons. The largest absolute Gasteiger partial charge is 0.357 e. The van der Waals surface area contributed by atoms with E-state index in [4.69, 9.17) is 0 Å². The first kappa shape index (κ1) is 23.1. The predicted molar refractivity (Wildman–Crippen MR) is 116 cm³/mol. The van der Waals surface area contributed by atoms with Crippen LogP contribution in [0.2, 0.25) is 0 Å². The van der Waals surface area contributed by atoms with E-state index >= 15 is 0 Å². The molecule has 29 heavy (non-hydrogen) atoms. The molecule has 1 aromatic heterocycles. The Balaban J connectivity index is 2.40. The number of carbonyl (C=O) groups excluding carboxylic acids is 2. The molecule has 0 bridgehead atoms. The molecule has 2 rings (SSSR count). The van der Waals surface area contributed by atoms with Crippen LogP contribution in [0, 0.1) is 5.41 Å². The lowest BCUT2D eigenvalue weighted by atomic mass is 9.86. The fourth-order valence-electron chi connectivity index (χ4n) is 3.45. The molecule has 1 atom stereocenters.